The van der Waals surface area contributed by atoms with Crippen molar-refractivity contribution in [3.8, 4) is 0 Å². The summed E-state index contributed by atoms with van der Waals surface area (Å²) in [6.45, 7) is 1.98. The zero-order valence-corrected chi connectivity index (χ0v) is 18.2. The van der Waals surface area contributed by atoms with Gasteiger partial charge >= 0.3 is 0 Å². The Bertz CT molecular complexity index is 1020. The molecule has 0 unspecified atom stereocenters. The van der Waals surface area contributed by atoms with E-state index in [0.29, 0.717) is 41.5 Å². The van der Waals surface area contributed by atoms with Gasteiger partial charge in [0.2, 0.25) is 5.95 Å². The highest BCUT2D eigenvalue weighted by Gasteiger charge is 2.38. The lowest BCUT2D eigenvalue weighted by Crippen LogP contribution is -2.51. The lowest BCUT2D eigenvalue weighted by molar-refractivity contribution is 0.286. The highest BCUT2D eigenvalue weighted by atomic mass is 35.5. The zero-order chi connectivity index (χ0) is 20.7. The van der Waals surface area contributed by atoms with Crippen LogP contribution in [0.4, 0.5) is 11.8 Å². The standard InChI is InChI=1S/C20H24ClN7OS/c21-14-10-23-17(24-11-14)13-2-7-28(8-3-13)19-25-15-4-9-30(29)16(15)18(26-19)27-20(12-22)5-1-6-20/h2,10-11H,1,3-9,12,22H2,(H,25,26,27)/t30-/m1/s1. The number of hydrogen-bond donors (Lipinski definition) is 2. The molecule has 158 valence electrons. The molecule has 2 aliphatic heterocycles. The molecule has 30 heavy (non-hydrogen) atoms. The third-order valence-corrected chi connectivity index (χ3v) is 7.81. The van der Waals surface area contributed by atoms with E-state index in [1.54, 1.807) is 12.4 Å². The Morgan fingerprint density at radius 1 is 1.23 bits per heavy atom. The number of rotatable bonds is 5. The summed E-state index contributed by atoms with van der Waals surface area (Å²) in [5.74, 6) is 2.69. The molecule has 8 nitrogen and oxygen atoms in total. The molecule has 0 aromatic carbocycles. The summed E-state index contributed by atoms with van der Waals surface area (Å²) in [5.41, 5.74) is 7.89. The first kappa shape index (κ1) is 19.8. The highest BCUT2D eigenvalue weighted by Crippen LogP contribution is 2.38. The van der Waals surface area contributed by atoms with E-state index < -0.39 is 10.8 Å². The summed E-state index contributed by atoms with van der Waals surface area (Å²) in [7, 11) is -1.06. The Kier molecular flexibility index (Phi) is 5.20. The highest BCUT2D eigenvalue weighted by molar-refractivity contribution is 7.85. The lowest BCUT2D eigenvalue weighted by Gasteiger charge is -2.42. The van der Waals surface area contributed by atoms with Gasteiger partial charge in [0, 0.05) is 44.2 Å². The fourth-order valence-electron chi connectivity index (χ4n) is 4.18. The molecule has 0 bridgehead atoms. The molecule has 0 radical (unpaired) electrons. The van der Waals surface area contributed by atoms with Gasteiger partial charge in [-0.2, -0.15) is 4.98 Å². The van der Waals surface area contributed by atoms with Gasteiger partial charge in [0.25, 0.3) is 0 Å². The first-order chi connectivity index (χ1) is 14.6. The van der Waals surface area contributed by atoms with Crippen molar-refractivity contribution in [2.24, 2.45) is 5.73 Å². The Balaban J connectivity index is 1.42. The number of nitrogens with zero attached hydrogens (tertiary/aromatic N) is 5. The first-order valence-corrected chi connectivity index (χ1v) is 12.0. The maximum Gasteiger partial charge on any atom is 0.227 e. The van der Waals surface area contributed by atoms with Crippen molar-refractivity contribution in [3.05, 3.63) is 35.0 Å². The van der Waals surface area contributed by atoms with E-state index in [0.717, 1.165) is 54.8 Å². The van der Waals surface area contributed by atoms with Gasteiger partial charge in [-0.25, -0.2) is 15.0 Å². The van der Waals surface area contributed by atoms with E-state index in [2.05, 4.69) is 26.3 Å². The number of halogens is 1. The second-order valence-corrected chi connectivity index (χ2v) is 10.0. The molecular weight excluding hydrogens is 422 g/mol. The number of anilines is 2. The number of fused-ring (bicyclic) bond motifs is 1. The molecule has 0 amide bonds. The van der Waals surface area contributed by atoms with Crippen LogP contribution in [0, 0.1) is 0 Å². The van der Waals surface area contributed by atoms with Gasteiger partial charge < -0.3 is 16.0 Å². The fraction of sp³-hybridized carbons (Fsp3) is 0.500. The summed E-state index contributed by atoms with van der Waals surface area (Å²) in [6, 6.07) is 0. The molecule has 10 heteroatoms. The molecular formula is C20H24ClN7OS. The molecule has 3 N–H and O–H groups in total. The van der Waals surface area contributed by atoms with Crippen molar-refractivity contribution in [1.29, 1.82) is 0 Å². The van der Waals surface area contributed by atoms with Crippen molar-refractivity contribution in [1.82, 2.24) is 19.9 Å². The van der Waals surface area contributed by atoms with E-state index in [-0.39, 0.29) is 5.54 Å². The Labute approximate surface area is 182 Å². The van der Waals surface area contributed by atoms with E-state index >= 15 is 0 Å². The maximum atomic E-state index is 12.6. The van der Waals surface area contributed by atoms with Crippen LogP contribution in [-0.4, -0.2) is 55.1 Å². The van der Waals surface area contributed by atoms with Gasteiger partial charge in [0.1, 0.15) is 10.7 Å². The number of nitrogens with two attached hydrogens (primary N) is 1. The van der Waals surface area contributed by atoms with Crippen LogP contribution in [0.1, 0.15) is 37.2 Å². The number of aryl methyl sites for hydroxylation is 1. The van der Waals surface area contributed by atoms with Crippen LogP contribution in [0.15, 0.2) is 23.4 Å². The molecule has 1 aliphatic carbocycles. The van der Waals surface area contributed by atoms with Crippen molar-refractivity contribution in [2.75, 3.05) is 35.6 Å². The Morgan fingerprint density at radius 3 is 2.67 bits per heavy atom. The van der Waals surface area contributed by atoms with Gasteiger partial charge in [0.15, 0.2) is 5.82 Å². The average Bonchev–Trinajstić information content (AvgIpc) is 3.12. The SMILES string of the molecule is NCC1(Nc2nc(N3CC=C(c4ncc(Cl)cn4)CC3)nc3c2[S@](=O)CC3)CCC1. The van der Waals surface area contributed by atoms with Crippen LogP contribution in [0.25, 0.3) is 5.57 Å². The number of aromatic nitrogens is 4. The topological polar surface area (TPSA) is 110 Å². The summed E-state index contributed by atoms with van der Waals surface area (Å²) in [5, 5.41) is 4.08. The van der Waals surface area contributed by atoms with Crippen molar-refractivity contribution < 1.29 is 4.21 Å². The molecule has 1 fully saturated rings. The molecule has 1 saturated carbocycles. The van der Waals surface area contributed by atoms with Gasteiger partial charge in [-0.15, -0.1) is 0 Å². The minimum Gasteiger partial charge on any atom is -0.362 e. The normalized spacial score (nSPS) is 22.3. The molecule has 3 aliphatic rings. The molecule has 2 aromatic heterocycles. The zero-order valence-electron chi connectivity index (χ0n) is 16.6. The molecule has 0 saturated heterocycles. The first-order valence-electron chi connectivity index (χ1n) is 10.3. The van der Waals surface area contributed by atoms with E-state index in [4.69, 9.17) is 27.3 Å². The van der Waals surface area contributed by atoms with Gasteiger partial charge in [-0.1, -0.05) is 17.7 Å². The largest absolute Gasteiger partial charge is 0.362 e. The van der Waals surface area contributed by atoms with Crippen LogP contribution >= 0.6 is 11.6 Å². The van der Waals surface area contributed by atoms with E-state index in [1.165, 1.54) is 0 Å². The third kappa shape index (κ3) is 3.59. The Morgan fingerprint density at radius 2 is 2.03 bits per heavy atom. The summed E-state index contributed by atoms with van der Waals surface area (Å²) in [6.07, 6.45) is 10.0. The van der Waals surface area contributed by atoms with Gasteiger partial charge in [-0.05, 0) is 31.3 Å². The lowest BCUT2D eigenvalue weighted by atomic mass is 9.77. The minimum atomic E-state index is -1.06. The van der Waals surface area contributed by atoms with Crippen molar-refractivity contribution >= 4 is 39.7 Å². The van der Waals surface area contributed by atoms with Crippen LogP contribution in [0.3, 0.4) is 0 Å². The summed E-state index contributed by atoms with van der Waals surface area (Å²) < 4.78 is 12.6. The second-order valence-electron chi connectivity index (χ2n) is 8.06. The molecule has 1 atom stereocenters. The quantitative estimate of drug-likeness (QED) is 0.720. The molecule has 0 spiro atoms. The van der Waals surface area contributed by atoms with Crippen LogP contribution < -0.4 is 16.0 Å². The molecule has 4 heterocycles. The molecule has 5 rings (SSSR count). The van der Waals surface area contributed by atoms with Gasteiger partial charge in [0.05, 0.1) is 27.1 Å². The van der Waals surface area contributed by atoms with E-state index in [9.17, 15) is 4.21 Å². The van der Waals surface area contributed by atoms with E-state index in [1.807, 2.05) is 0 Å². The third-order valence-electron chi connectivity index (χ3n) is 6.16. The van der Waals surface area contributed by atoms with Crippen LogP contribution in [0.2, 0.25) is 5.02 Å². The predicted molar refractivity (Wildman–Crippen MR) is 118 cm³/mol. The predicted octanol–water partition coefficient (Wildman–Crippen LogP) is 2.17. The molecule has 2 aromatic rings. The van der Waals surface area contributed by atoms with Crippen molar-refractivity contribution in [3.63, 3.8) is 0 Å². The van der Waals surface area contributed by atoms with Crippen molar-refractivity contribution in [2.45, 2.75) is 42.5 Å². The maximum absolute atomic E-state index is 12.6. The Hall–Kier alpha value is -2.10. The second kappa shape index (κ2) is 7.86. The average molecular weight is 446 g/mol. The van der Waals surface area contributed by atoms with Crippen LogP contribution in [0.5, 0.6) is 0 Å². The smallest absolute Gasteiger partial charge is 0.227 e. The minimum absolute atomic E-state index is 0.132. The fourth-order valence-corrected chi connectivity index (χ4v) is 5.58. The number of nitrogens with one attached hydrogen (secondary N) is 1. The van der Waals surface area contributed by atoms with Crippen LogP contribution in [-0.2, 0) is 17.2 Å². The monoisotopic (exact) mass is 445 g/mol. The number of hydrogen-bond acceptors (Lipinski definition) is 8. The van der Waals surface area contributed by atoms with Gasteiger partial charge in [-0.3, -0.25) is 4.21 Å². The summed E-state index contributed by atoms with van der Waals surface area (Å²) >= 11 is 5.89. The summed E-state index contributed by atoms with van der Waals surface area (Å²) in [4.78, 5) is 21.1.